The first kappa shape index (κ1) is 15.1. The number of carbonyl (C=O) groups is 1. The number of aliphatic carboxylic acids is 1. The highest BCUT2D eigenvalue weighted by Crippen LogP contribution is 2.24. The van der Waals surface area contributed by atoms with E-state index >= 15 is 0 Å². The molecule has 3 heteroatoms. The number of para-hydroxylation sites is 1. The minimum Gasteiger partial charge on any atom is -0.493 e. The summed E-state index contributed by atoms with van der Waals surface area (Å²) in [5, 5.41) is 9.45. The van der Waals surface area contributed by atoms with Crippen LogP contribution in [0.3, 0.4) is 0 Å². The van der Waals surface area contributed by atoms with Crippen molar-refractivity contribution in [3.63, 3.8) is 0 Å². The van der Waals surface area contributed by atoms with Crippen LogP contribution in [0.25, 0.3) is 0 Å². The van der Waals surface area contributed by atoms with Crippen LogP contribution in [0.5, 0.6) is 5.75 Å². The second kappa shape index (κ2) is 6.93. The molecule has 0 heterocycles. The highest BCUT2D eigenvalue weighted by molar-refractivity contribution is 5.76. The molecule has 0 saturated carbocycles. The van der Waals surface area contributed by atoms with Gasteiger partial charge in [0.2, 0.25) is 0 Å². The normalized spacial score (nSPS) is 11.9. The van der Waals surface area contributed by atoms with E-state index in [4.69, 9.17) is 4.74 Å². The molecule has 1 N–H and O–H groups in total. The van der Waals surface area contributed by atoms with Gasteiger partial charge in [0.15, 0.2) is 0 Å². The Kier molecular flexibility index (Phi) is 4.99. The molecule has 21 heavy (non-hydrogen) atoms. The molecule has 110 valence electrons. The van der Waals surface area contributed by atoms with Crippen LogP contribution in [0.2, 0.25) is 0 Å². The van der Waals surface area contributed by atoms with Gasteiger partial charge < -0.3 is 9.84 Å². The van der Waals surface area contributed by atoms with Crippen LogP contribution in [0, 0.1) is 13.8 Å². The maximum Gasteiger partial charge on any atom is 0.311 e. The fourth-order valence-corrected chi connectivity index (χ4v) is 2.39. The van der Waals surface area contributed by atoms with Crippen LogP contribution < -0.4 is 4.74 Å². The van der Waals surface area contributed by atoms with Gasteiger partial charge in [-0.05, 0) is 43.0 Å². The Morgan fingerprint density at radius 2 is 1.67 bits per heavy atom. The second-order valence-corrected chi connectivity index (χ2v) is 5.15. The summed E-state index contributed by atoms with van der Waals surface area (Å²) in [6.45, 7) is 4.30. The predicted molar refractivity (Wildman–Crippen MR) is 82.8 cm³/mol. The number of rotatable bonds is 6. The van der Waals surface area contributed by atoms with Crippen molar-refractivity contribution in [2.45, 2.75) is 26.2 Å². The van der Waals surface area contributed by atoms with E-state index in [1.165, 1.54) is 0 Å². The molecule has 1 unspecified atom stereocenters. The van der Waals surface area contributed by atoms with Crippen molar-refractivity contribution in [2.24, 2.45) is 0 Å². The summed E-state index contributed by atoms with van der Waals surface area (Å²) < 4.78 is 5.72. The zero-order valence-corrected chi connectivity index (χ0v) is 12.4. The first-order valence-electron chi connectivity index (χ1n) is 7.06. The standard InChI is InChI=1S/C18H20O3/c1-13-7-3-5-9-15(13)16(18(19)20)11-12-21-17-10-6-4-8-14(17)2/h3-10,16H,11-12H2,1-2H3,(H,19,20). The molecule has 2 rings (SSSR count). The van der Waals surface area contributed by atoms with Gasteiger partial charge >= 0.3 is 5.97 Å². The molecule has 2 aromatic carbocycles. The number of hydrogen-bond donors (Lipinski definition) is 1. The van der Waals surface area contributed by atoms with Gasteiger partial charge in [0.1, 0.15) is 5.75 Å². The molecule has 0 aliphatic heterocycles. The summed E-state index contributed by atoms with van der Waals surface area (Å²) in [7, 11) is 0. The Labute approximate surface area is 125 Å². The van der Waals surface area contributed by atoms with Crippen molar-refractivity contribution >= 4 is 5.97 Å². The zero-order chi connectivity index (χ0) is 15.2. The Balaban J connectivity index is 2.04. The van der Waals surface area contributed by atoms with Crippen LogP contribution in [0.15, 0.2) is 48.5 Å². The number of ether oxygens (including phenoxy) is 1. The molecule has 0 bridgehead atoms. The fourth-order valence-electron chi connectivity index (χ4n) is 2.39. The maximum absolute atomic E-state index is 11.5. The summed E-state index contributed by atoms with van der Waals surface area (Å²) in [6, 6.07) is 15.4. The smallest absolute Gasteiger partial charge is 0.311 e. The van der Waals surface area contributed by atoms with Crippen molar-refractivity contribution in [3.05, 3.63) is 65.2 Å². The highest BCUT2D eigenvalue weighted by atomic mass is 16.5. The predicted octanol–water partition coefficient (Wildman–Crippen LogP) is 3.94. The molecule has 2 aromatic rings. The summed E-state index contributed by atoms with van der Waals surface area (Å²) in [5.41, 5.74) is 2.92. The first-order valence-corrected chi connectivity index (χ1v) is 7.06. The van der Waals surface area contributed by atoms with Gasteiger partial charge in [-0.1, -0.05) is 42.5 Å². The molecular formula is C18H20O3. The van der Waals surface area contributed by atoms with Crippen LogP contribution >= 0.6 is 0 Å². The van der Waals surface area contributed by atoms with E-state index in [9.17, 15) is 9.90 Å². The third kappa shape index (κ3) is 3.85. The molecule has 3 nitrogen and oxygen atoms in total. The van der Waals surface area contributed by atoms with Crippen molar-refractivity contribution in [1.82, 2.24) is 0 Å². The van der Waals surface area contributed by atoms with Crippen LogP contribution in [0.1, 0.15) is 29.0 Å². The van der Waals surface area contributed by atoms with Gasteiger partial charge in [-0.3, -0.25) is 4.79 Å². The number of hydrogen-bond acceptors (Lipinski definition) is 2. The Morgan fingerprint density at radius 3 is 2.29 bits per heavy atom. The highest BCUT2D eigenvalue weighted by Gasteiger charge is 2.21. The molecule has 0 fully saturated rings. The van der Waals surface area contributed by atoms with E-state index < -0.39 is 11.9 Å². The van der Waals surface area contributed by atoms with Crippen molar-refractivity contribution in [2.75, 3.05) is 6.61 Å². The van der Waals surface area contributed by atoms with Gasteiger partial charge in [0.25, 0.3) is 0 Å². The molecule has 1 atom stereocenters. The van der Waals surface area contributed by atoms with E-state index in [1.54, 1.807) is 0 Å². The number of carboxylic acid groups (broad SMARTS) is 1. The van der Waals surface area contributed by atoms with Crippen molar-refractivity contribution < 1.29 is 14.6 Å². The van der Waals surface area contributed by atoms with Gasteiger partial charge in [-0.2, -0.15) is 0 Å². The van der Waals surface area contributed by atoms with Gasteiger partial charge in [0, 0.05) is 0 Å². The van der Waals surface area contributed by atoms with E-state index in [-0.39, 0.29) is 0 Å². The lowest BCUT2D eigenvalue weighted by molar-refractivity contribution is -0.139. The maximum atomic E-state index is 11.5. The number of benzene rings is 2. The van der Waals surface area contributed by atoms with Crippen molar-refractivity contribution in [3.8, 4) is 5.75 Å². The lowest BCUT2D eigenvalue weighted by atomic mass is 9.92. The number of carboxylic acids is 1. The fraction of sp³-hybridized carbons (Fsp3) is 0.278. The number of aryl methyl sites for hydroxylation is 2. The summed E-state index contributed by atoms with van der Waals surface area (Å²) in [5.74, 6) is -0.528. The minimum absolute atomic E-state index is 0.385. The molecule has 0 saturated heterocycles. The third-order valence-corrected chi connectivity index (χ3v) is 3.62. The quantitative estimate of drug-likeness (QED) is 0.874. The third-order valence-electron chi connectivity index (χ3n) is 3.62. The first-order chi connectivity index (χ1) is 10.1. The molecule has 0 aliphatic rings. The lowest BCUT2D eigenvalue weighted by Gasteiger charge is -2.16. The average molecular weight is 284 g/mol. The molecule has 0 aromatic heterocycles. The SMILES string of the molecule is Cc1ccccc1OCCC(C(=O)O)c1ccccc1C. The summed E-state index contributed by atoms with van der Waals surface area (Å²) in [6.07, 6.45) is 0.453. The molecule has 0 amide bonds. The zero-order valence-electron chi connectivity index (χ0n) is 12.4. The molecular weight excluding hydrogens is 264 g/mol. The average Bonchev–Trinajstić information content (AvgIpc) is 2.46. The van der Waals surface area contributed by atoms with E-state index in [0.29, 0.717) is 13.0 Å². The van der Waals surface area contributed by atoms with E-state index in [1.807, 2.05) is 62.4 Å². The lowest BCUT2D eigenvalue weighted by Crippen LogP contribution is -2.16. The van der Waals surface area contributed by atoms with Gasteiger partial charge in [-0.15, -0.1) is 0 Å². The van der Waals surface area contributed by atoms with E-state index in [2.05, 4.69) is 0 Å². The Bertz CT molecular complexity index is 619. The van der Waals surface area contributed by atoms with E-state index in [0.717, 1.165) is 22.4 Å². The van der Waals surface area contributed by atoms with Gasteiger partial charge in [0.05, 0.1) is 12.5 Å². The minimum atomic E-state index is -0.808. The van der Waals surface area contributed by atoms with Crippen LogP contribution in [0.4, 0.5) is 0 Å². The summed E-state index contributed by atoms with van der Waals surface area (Å²) >= 11 is 0. The van der Waals surface area contributed by atoms with Crippen LogP contribution in [-0.4, -0.2) is 17.7 Å². The van der Waals surface area contributed by atoms with Crippen molar-refractivity contribution in [1.29, 1.82) is 0 Å². The molecule has 0 aliphatic carbocycles. The monoisotopic (exact) mass is 284 g/mol. The molecule has 0 radical (unpaired) electrons. The van der Waals surface area contributed by atoms with Gasteiger partial charge in [-0.25, -0.2) is 0 Å². The Hall–Kier alpha value is -2.29. The second-order valence-electron chi connectivity index (χ2n) is 5.15. The Morgan fingerprint density at radius 1 is 1.05 bits per heavy atom. The van der Waals surface area contributed by atoms with Crippen LogP contribution in [-0.2, 0) is 4.79 Å². The molecule has 0 spiro atoms. The topological polar surface area (TPSA) is 46.5 Å². The largest absolute Gasteiger partial charge is 0.493 e. The summed E-state index contributed by atoms with van der Waals surface area (Å²) in [4.78, 5) is 11.5.